The van der Waals surface area contributed by atoms with Gasteiger partial charge in [-0.25, -0.2) is 0 Å². The van der Waals surface area contributed by atoms with Crippen LogP contribution in [0.4, 0.5) is 0 Å². The molecule has 2 aromatic rings. The molecule has 1 aliphatic heterocycles. The molecule has 0 saturated carbocycles. The molecule has 2 heterocycles. The van der Waals surface area contributed by atoms with Crippen LogP contribution < -0.4 is 5.32 Å². The van der Waals surface area contributed by atoms with Crippen LogP contribution in [-0.4, -0.2) is 17.2 Å². The smallest absolute Gasteiger partial charge is 0.0488 e. The first-order valence-corrected chi connectivity index (χ1v) is 7.36. The van der Waals surface area contributed by atoms with Crippen molar-refractivity contribution in [1.82, 2.24) is 9.88 Å². The van der Waals surface area contributed by atoms with Crippen LogP contribution in [0.25, 0.3) is 10.9 Å². The van der Waals surface area contributed by atoms with E-state index in [1.807, 2.05) is 0 Å². The second kappa shape index (κ2) is 4.68. The Morgan fingerprint density at radius 1 is 1.26 bits per heavy atom. The quantitative estimate of drug-likeness (QED) is 0.871. The predicted molar refractivity (Wildman–Crippen MR) is 81.9 cm³/mol. The molecular formula is C17H24N2. The van der Waals surface area contributed by atoms with Crippen molar-refractivity contribution in [1.29, 1.82) is 0 Å². The van der Waals surface area contributed by atoms with E-state index in [0.29, 0.717) is 6.04 Å². The normalized spacial score (nSPS) is 19.5. The zero-order valence-electron chi connectivity index (χ0n) is 12.5. The molecule has 1 atom stereocenters. The average Bonchev–Trinajstić information content (AvgIpc) is 2.93. The molecule has 19 heavy (non-hydrogen) atoms. The summed E-state index contributed by atoms with van der Waals surface area (Å²) in [6, 6.07) is 5.30. The molecule has 0 amide bonds. The summed E-state index contributed by atoms with van der Waals surface area (Å²) in [4.78, 5) is 0. The molecule has 1 saturated heterocycles. The molecule has 3 rings (SSSR count). The molecule has 102 valence electrons. The third-order valence-electron chi connectivity index (χ3n) is 4.67. The minimum atomic E-state index is 0.671. The summed E-state index contributed by atoms with van der Waals surface area (Å²) in [6.07, 6.45) is 3.82. The summed E-state index contributed by atoms with van der Waals surface area (Å²) in [6.45, 7) is 7.89. The predicted octanol–water partition coefficient (Wildman–Crippen LogP) is 3.40. The Hall–Kier alpha value is -1.28. The van der Waals surface area contributed by atoms with Gasteiger partial charge in [0.1, 0.15) is 0 Å². The van der Waals surface area contributed by atoms with Crippen LogP contribution in [0.3, 0.4) is 0 Å². The van der Waals surface area contributed by atoms with E-state index in [1.54, 1.807) is 5.56 Å². The van der Waals surface area contributed by atoms with Gasteiger partial charge in [0.15, 0.2) is 0 Å². The molecule has 1 unspecified atom stereocenters. The van der Waals surface area contributed by atoms with Gasteiger partial charge in [0, 0.05) is 29.7 Å². The third kappa shape index (κ3) is 2.08. The van der Waals surface area contributed by atoms with Crippen LogP contribution in [0.1, 0.15) is 35.2 Å². The topological polar surface area (TPSA) is 17.0 Å². The van der Waals surface area contributed by atoms with Gasteiger partial charge >= 0.3 is 0 Å². The van der Waals surface area contributed by atoms with Gasteiger partial charge in [0.25, 0.3) is 0 Å². The monoisotopic (exact) mass is 256 g/mol. The van der Waals surface area contributed by atoms with Crippen LogP contribution in [0, 0.1) is 20.8 Å². The van der Waals surface area contributed by atoms with E-state index < -0.39 is 0 Å². The standard InChI is InChI=1S/C17H24N2/c1-11-8-12(2)17-15(10-14-6-5-7-18-14)13(3)19(4)16(17)9-11/h8-9,14,18H,5-7,10H2,1-4H3. The van der Waals surface area contributed by atoms with Crippen molar-refractivity contribution in [2.45, 2.75) is 46.1 Å². The molecule has 1 aliphatic rings. The molecule has 1 fully saturated rings. The van der Waals surface area contributed by atoms with Gasteiger partial charge in [-0.1, -0.05) is 6.07 Å². The zero-order chi connectivity index (χ0) is 13.6. The number of nitrogens with zero attached hydrogens (tertiary/aromatic N) is 1. The Balaban J connectivity index is 2.14. The highest BCUT2D eigenvalue weighted by atomic mass is 15.0. The van der Waals surface area contributed by atoms with Gasteiger partial charge in [0.2, 0.25) is 0 Å². The second-order valence-corrected chi connectivity index (χ2v) is 6.10. The lowest BCUT2D eigenvalue weighted by molar-refractivity contribution is 0.602. The molecule has 0 spiro atoms. The maximum atomic E-state index is 3.63. The Bertz CT molecular complexity index is 616. The Labute approximate surface area is 115 Å². The number of hydrogen-bond acceptors (Lipinski definition) is 1. The fourth-order valence-corrected chi connectivity index (χ4v) is 3.59. The fraction of sp³-hybridized carbons (Fsp3) is 0.529. The lowest BCUT2D eigenvalue weighted by Gasteiger charge is -2.11. The average molecular weight is 256 g/mol. The van der Waals surface area contributed by atoms with Crippen molar-refractivity contribution in [3.8, 4) is 0 Å². The Kier molecular flexibility index (Phi) is 3.14. The summed E-state index contributed by atoms with van der Waals surface area (Å²) in [5.41, 5.74) is 7.15. The maximum absolute atomic E-state index is 3.63. The lowest BCUT2D eigenvalue weighted by Crippen LogP contribution is -2.23. The number of hydrogen-bond donors (Lipinski definition) is 1. The minimum Gasteiger partial charge on any atom is -0.348 e. The molecule has 0 bridgehead atoms. The molecule has 1 aromatic carbocycles. The molecule has 0 radical (unpaired) electrons. The summed E-state index contributed by atoms with van der Waals surface area (Å²) in [5, 5.41) is 5.11. The van der Waals surface area contributed by atoms with Crippen molar-refractivity contribution in [3.63, 3.8) is 0 Å². The van der Waals surface area contributed by atoms with Gasteiger partial charge in [-0.05, 0) is 69.3 Å². The van der Waals surface area contributed by atoms with Gasteiger partial charge in [-0.2, -0.15) is 0 Å². The fourth-order valence-electron chi connectivity index (χ4n) is 3.59. The van der Waals surface area contributed by atoms with Crippen molar-refractivity contribution in [3.05, 3.63) is 34.5 Å². The van der Waals surface area contributed by atoms with Crippen molar-refractivity contribution >= 4 is 10.9 Å². The van der Waals surface area contributed by atoms with Crippen LogP contribution in [0.15, 0.2) is 12.1 Å². The number of aryl methyl sites for hydroxylation is 3. The van der Waals surface area contributed by atoms with E-state index in [0.717, 1.165) is 0 Å². The van der Waals surface area contributed by atoms with Gasteiger partial charge in [-0.15, -0.1) is 0 Å². The second-order valence-electron chi connectivity index (χ2n) is 6.10. The largest absolute Gasteiger partial charge is 0.348 e. The molecule has 0 aliphatic carbocycles. The molecular weight excluding hydrogens is 232 g/mol. The van der Waals surface area contributed by atoms with E-state index >= 15 is 0 Å². The first-order chi connectivity index (χ1) is 9.08. The van der Waals surface area contributed by atoms with Crippen LogP contribution in [0.2, 0.25) is 0 Å². The first-order valence-electron chi connectivity index (χ1n) is 7.36. The van der Waals surface area contributed by atoms with Crippen molar-refractivity contribution in [2.75, 3.05) is 6.54 Å². The van der Waals surface area contributed by atoms with Crippen molar-refractivity contribution < 1.29 is 0 Å². The molecule has 2 nitrogen and oxygen atoms in total. The number of benzene rings is 1. The van der Waals surface area contributed by atoms with Crippen LogP contribution >= 0.6 is 0 Å². The number of nitrogens with one attached hydrogen (secondary N) is 1. The summed E-state index contributed by atoms with van der Waals surface area (Å²) in [7, 11) is 2.20. The summed E-state index contributed by atoms with van der Waals surface area (Å²) < 4.78 is 2.36. The van der Waals surface area contributed by atoms with E-state index in [-0.39, 0.29) is 0 Å². The number of rotatable bonds is 2. The number of fused-ring (bicyclic) bond motifs is 1. The molecule has 2 heteroatoms. The summed E-state index contributed by atoms with van der Waals surface area (Å²) in [5.74, 6) is 0. The summed E-state index contributed by atoms with van der Waals surface area (Å²) >= 11 is 0. The molecule has 1 aromatic heterocycles. The minimum absolute atomic E-state index is 0.671. The highest BCUT2D eigenvalue weighted by Gasteiger charge is 2.20. The highest BCUT2D eigenvalue weighted by molar-refractivity contribution is 5.89. The lowest BCUT2D eigenvalue weighted by atomic mass is 9.98. The zero-order valence-corrected chi connectivity index (χ0v) is 12.5. The van der Waals surface area contributed by atoms with E-state index in [4.69, 9.17) is 0 Å². The van der Waals surface area contributed by atoms with E-state index in [9.17, 15) is 0 Å². The maximum Gasteiger partial charge on any atom is 0.0488 e. The SMILES string of the molecule is Cc1cc(C)c2c(CC3CCCN3)c(C)n(C)c2c1. The van der Waals surface area contributed by atoms with Crippen LogP contribution in [-0.2, 0) is 13.5 Å². The van der Waals surface area contributed by atoms with E-state index in [1.165, 1.54) is 53.5 Å². The molecule has 1 N–H and O–H groups in total. The van der Waals surface area contributed by atoms with Crippen LogP contribution in [0.5, 0.6) is 0 Å². The highest BCUT2D eigenvalue weighted by Crippen LogP contribution is 2.30. The first kappa shape index (κ1) is 12.7. The Morgan fingerprint density at radius 3 is 2.74 bits per heavy atom. The van der Waals surface area contributed by atoms with Gasteiger partial charge < -0.3 is 9.88 Å². The van der Waals surface area contributed by atoms with Crippen molar-refractivity contribution in [2.24, 2.45) is 7.05 Å². The third-order valence-corrected chi connectivity index (χ3v) is 4.67. The Morgan fingerprint density at radius 2 is 2.05 bits per heavy atom. The van der Waals surface area contributed by atoms with Gasteiger partial charge in [-0.3, -0.25) is 0 Å². The van der Waals surface area contributed by atoms with E-state index in [2.05, 4.69) is 49.8 Å². The van der Waals surface area contributed by atoms with Gasteiger partial charge in [0.05, 0.1) is 0 Å². The number of aromatic nitrogens is 1.